The standard InChI is InChI=1S/C10H11F2NO/c1-6(4-10(13)14)8-3-2-7(11)5-9(8)12/h2-3,5-6H,4H2,1H3,(H2,13,14). The summed E-state index contributed by atoms with van der Waals surface area (Å²) >= 11 is 0. The van der Waals surface area contributed by atoms with Gasteiger partial charge in [-0.1, -0.05) is 13.0 Å². The fourth-order valence-corrected chi connectivity index (χ4v) is 1.31. The molecule has 1 rings (SSSR count). The maximum absolute atomic E-state index is 13.2. The number of amides is 1. The number of hydrogen-bond donors (Lipinski definition) is 1. The molecular weight excluding hydrogens is 188 g/mol. The van der Waals surface area contributed by atoms with Gasteiger partial charge in [0, 0.05) is 12.5 Å². The molecule has 4 heteroatoms. The van der Waals surface area contributed by atoms with Crippen molar-refractivity contribution in [1.82, 2.24) is 0 Å². The van der Waals surface area contributed by atoms with Crippen LogP contribution in [0.3, 0.4) is 0 Å². The average molecular weight is 199 g/mol. The number of primary amides is 1. The zero-order chi connectivity index (χ0) is 10.7. The molecule has 0 aliphatic rings. The molecule has 0 bridgehead atoms. The second-order valence-electron chi connectivity index (χ2n) is 3.24. The highest BCUT2D eigenvalue weighted by Crippen LogP contribution is 2.22. The van der Waals surface area contributed by atoms with Crippen molar-refractivity contribution in [2.75, 3.05) is 0 Å². The third kappa shape index (κ3) is 2.52. The van der Waals surface area contributed by atoms with Gasteiger partial charge in [0.1, 0.15) is 11.6 Å². The molecule has 0 aromatic heterocycles. The number of hydrogen-bond acceptors (Lipinski definition) is 1. The third-order valence-corrected chi connectivity index (χ3v) is 2.00. The van der Waals surface area contributed by atoms with Crippen LogP contribution < -0.4 is 5.73 Å². The molecule has 0 radical (unpaired) electrons. The van der Waals surface area contributed by atoms with E-state index in [-0.39, 0.29) is 12.3 Å². The average Bonchev–Trinajstić information content (AvgIpc) is 2.01. The minimum atomic E-state index is -0.640. The Bertz CT molecular complexity index is 352. The maximum Gasteiger partial charge on any atom is 0.218 e. The van der Waals surface area contributed by atoms with E-state index in [2.05, 4.69) is 0 Å². The Balaban J connectivity index is 2.90. The summed E-state index contributed by atoms with van der Waals surface area (Å²) in [7, 11) is 0. The Morgan fingerprint density at radius 2 is 2.14 bits per heavy atom. The zero-order valence-corrected chi connectivity index (χ0v) is 7.76. The van der Waals surface area contributed by atoms with Crippen molar-refractivity contribution >= 4 is 5.91 Å². The summed E-state index contributed by atoms with van der Waals surface area (Å²) in [5.41, 5.74) is 5.29. The van der Waals surface area contributed by atoms with Crippen molar-refractivity contribution in [3.05, 3.63) is 35.4 Å². The van der Waals surface area contributed by atoms with Crippen molar-refractivity contribution in [3.8, 4) is 0 Å². The first-order chi connectivity index (χ1) is 6.50. The second-order valence-corrected chi connectivity index (χ2v) is 3.24. The molecule has 2 N–H and O–H groups in total. The molecule has 1 atom stereocenters. The highest BCUT2D eigenvalue weighted by atomic mass is 19.1. The largest absolute Gasteiger partial charge is 0.370 e. The summed E-state index contributed by atoms with van der Waals surface area (Å²) in [6.07, 6.45) is 0.0581. The molecule has 0 aliphatic carbocycles. The number of halogens is 2. The van der Waals surface area contributed by atoms with Crippen LogP contribution in [0.2, 0.25) is 0 Å². The molecule has 0 heterocycles. The van der Waals surface area contributed by atoms with Crippen molar-refractivity contribution in [1.29, 1.82) is 0 Å². The molecule has 0 saturated heterocycles. The Hall–Kier alpha value is -1.45. The van der Waals surface area contributed by atoms with Gasteiger partial charge in [-0.2, -0.15) is 0 Å². The van der Waals surface area contributed by atoms with Gasteiger partial charge in [-0.25, -0.2) is 8.78 Å². The molecule has 0 saturated carbocycles. The zero-order valence-electron chi connectivity index (χ0n) is 7.76. The van der Waals surface area contributed by atoms with Crippen LogP contribution >= 0.6 is 0 Å². The number of nitrogens with two attached hydrogens (primary N) is 1. The van der Waals surface area contributed by atoms with Gasteiger partial charge in [-0.05, 0) is 17.5 Å². The molecule has 1 aromatic rings. The molecule has 0 spiro atoms. The van der Waals surface area contributed by atoms with E-state index in [1.54, 1.807) is 6.92 Å². The fourth-order valence-electron chi connectivity index (χ4n) is 1.31. The quantitative estimate of drug-likeness (QED) is 0.794. The lowest BCUT2D eigenvalue weighted by Gasteiger charge is -2.10. The van der Waals surface area contributed by atoms with E-state index in [0.29, 0.717) is 5.56 Å². The maximum atomic E-state index is 13.2. The van der Waals surface area contributed by atoms with Gasteiger partial charge in [0.05, 0.1) is 0 Å². The molecular formula is C10H11F2NO. The Labute approximate surface area is 80.7 Å². The number of carbonyl (C=O) groups excluding carboxylic acids is 1. The molecule has 1 unspecified atom stereocenters. The summed E-state index contributed by atoms with van der Waals surface area (Å²) in [6, 6.07) is 3.29. The molecule has 2 nitrogen and oxygen atoms in total. The summed E-state index contributed by atoms with van der Waals surface area (Å²) < 4.78 is 25.7. The van der Waals surface area contributed by atoms with Crippen LogP contribution in [0, 0.1) is 11.6 Å². The van der Waals surface area contributed by atoms with Gasteiger partial charge >= 0.3 is 0 Å². The highest BCUT2D eigenvalue weighted by Gasteiger charge is 2.13. The molecule has 0 fully saturated rings. The highest BCUT2D eigenvalue weighted by molar-refractivity contribution is 5.74. The van der Waals surface area contributed by atoms with Crippen LogP contribution in [0.1, 0.15) is 24.8 Å². The lowest BCUT2D eigenvalue weighted by molar-refractivity contribution is -0.118. The Morgan fingerprint density at radius 1 is 1.50 bits per heavy atom. The summed E-state index contributed by atoms with van der Waals surface area (Å²) in [5, 5.41) is 0. The van der Waals surface area contributed by atoms with Gasteiger partial charge in [0.25, 0.3) is 0 Å². The van der Waals surface area contributed by atoms with Gasteiger partial charge in [0.15, 0.2) is 0 Å². The predicted molar refractivity (Wildman–Crippen MR) is 48.6 cm³/mol. The minimum Gasteiger partial charge on any atom is -0.370 e. The number of carbonyl (C=O) groups is 1. The van der Waals surface area contributed by atoms with E-state index in [4.69, 9.17) is 5.73 Å². The first-order valence-electron chi connectivity index (χ1n) is 4.24. The van der Waals surface area contributed by atoms with Gasteiger partial charge in [0.2, 0.25) is 5.91 Å². The number of benzene rings is 1. The monoisotopic (exact) mass is 199 g/mol. The lowest BCUT2D eigenvalue weighted by Crippen LogP contribution is -2.14. The van der Waals surface area contributed by atoms with Crippen LogP contribution in [0.15, 0.2) is 18.2 Å². The normalized spacial score (nSPS) is 12.5. The van der Waals surface area contributed by atoms with Gasteiger partial charge in [-0.3, -0.25) is 4.79 Å². The van der Waals surface area contributed by atoms with Crippen molar-refractivity contribution < 1.29 is 13.6 Å². The molecule has 76 valence electrons. The van der Waals surface area contributed by atoms with Gasteiger partial charge in [-0.15, -0.1) is 0 Å². The SMILES string of the molecule is CC(CC(N)=O)c1ccc(F)cc1F. The number of rotatable bonds is 3. The second kappa shape index (κ2) is 4.17. The summed E-state index contributed by atoms with van der Waals surface area (Å²) in [4.78, 5) is 10.6. The Kier molecular flexibility index (Phi) is 3.17. The van der Waals surface area contributed by atoms with E-state index in [1.165, 1.54) is 6.07 Å². The van der Waals surface area contributed by atoms with Crippen LogP contribution in [0.5, 0.6) is 0 Å². The predicted octanol–water partition coefficient (Wildman–Crippen LogP) is 1.94. The van der Waals surface area contributed by atoms with Crippen LogP contribution in [-0.2, 0) is 4.79 Å². The minimum absolute atomic E-state index is 0.0581. The third-order valence-electron chi connectivity index (χ3n) is 2.00. The first kappa shape index (κ1) is 10.6. The van der Waals surface area contributed by atoms with E-state index < -0.39 is 17.5 Å². The van der Waals surface area contributed by atoms with Crippen molar-refractivity contribution in [2.24, 2.45) is 5.73 Å². The Morgan fingerprint density at radius 3 is 2.64 bits per heavy atom. The summed E-state index contributed by atoms with van der Waals surface area (Å²) in [5.74, 6) is -2.09. The molecule has 1 amide bonds. The molecule has 1 aromatic carbocycles. The van der Waals surface area contributed by atoms with Crippen LogP contribution in [0.4, 0.5) is 8.78 Å². The first-order valence-corrected chi connectivity index (χ1v) is 4.24. The summed E-state index contributed by atoms with van der Waals surface area (Å²) in [6.45, 7) is 1.67. The molecule has 14 heavy (non-hydrogen) atoms. The fraction of sp³-hybridized carbons (Fsp3) is 0.300. The van der Waals surface area contributed by atoms with Crippen LogP contribution in [-0.4, -0.2) is 5.91 Å². The smallest absolute Gasteiger partial charge is 0.218 e. The van der Waals surface area contributed by atoms with E-state index in [9.17, 15) is 13.6 Å². The van der Waals surface area contributed by atoms with E-state index in [1.807, 2.05) is 0 Å². The van der Waals surface area contributed by atoms with E-state index >= 15 is 0 Å². The van der Waals surface area contributed by atoms with Gasteiger partial charge < -0.3 is 5.73 Å². The lowest BCUT2D eigenvalue weighted by atomic mass is 9.97. The topological polar surface area (TPSA) is 43.1 Å². The van der Waals surface area contributed by atoms with Crippen molar-refractivity contribution in [2.45, 2.75) is 19.3 Å². The van der Waals surface area contributed by atoms with Crippen molar-refractivity contribution in [3.63, 3.8) is 0 Å². The van der Waals surface area contributed by atoms with E-state index in [0.717, 1.165) is 12.1 Å². The molecule has 0 aliphatic heterocycles. The van der Waals surface area contributed by atoms with Crippen LogP contribution in [0.25, 0.3) is 0 Å².